The fourth-order valence-electron chi connectivity index (χ4n) is 4.80. The maximum atomic E-state index is 14.2. The van der Waals surface area contributed by atoms with E-state index in [1.165, 1.54) is 6.07 Å². The van der Waals surface area contributed by atoms with Crippen molar-refractivity contribution in [3.8, 4) is 11.4 Å². The summed E-state index contributed by atoms with van der Waals surface area (Å²) in [4.78, 5) is 28.2. The predicted molar refractivity (Wildman–Crippen MR) is 135 cm³/mol. The fourth-order valence-corrected chi connectivity index (χ4v) is 4.80. The van der Waals surface area contributed by atoms with E-state index in [9.17, 15) is 14.3 Å². The lowest BCUT2D eigenvalue weighted by atomic mass is 10.00. The molecule has 6 heterocycles. The second-order valence-corrected chi connectivity index (χ2v) is 9.74. The third kappa shape index (κ3) is 4.15. The summed E-state index contributed by atoms with van der Waals surface area (Å²) in [6.07, 6.45) is 6.32. The normalized spacial score (nSPS) is 17.7. The number of imidazole rings is 1. The number of carbonyl (C=O) groups excluding carboxylic acids is 1. The largest absolute Gasteiger partial charge is 0.388 e. The van der Waals surface area contributed by atoms with E-state index in [0.717, 1.165) is 5.69 Å². The number of hydrogen-bond acceptors (Lipinski definition) is 8. The lowest BCUT2D eigenvalue weighted by molar-refractivity contribution is -0.0928. The Morgan fingerprint density at radius 1 is 1.19 bits per heavy atom. The van der Waals surface area contributed by atoms with Gasteiger partial charge in [0.15, 0.2) is 11.5 Å². The second-order valence-electron chi connectivity index (χ2n) is 9.74. The number of carbonyl (C=O) groups is 1. The van der Waals surface area contributed by atoms with Crippen molar-refractivity contribution in [3.63, 3.8) is 0 Å². The first-order valence-corrected chi connectivity index (χ1v) is 12.0. The standard InChI is InChI=1S/C26H26FN7O3/c1-26(2,36)20-14-33(8-9-37-20)15-5-6-21(28-10-15)32-18-12-29-23(16-11-31-25(35)22(16)18)19-13-30-24-17(27)4-3-7-34(19)24/h3-7,10,12-13,20,36H,8-9,11,14H2,1-2H3,(H,28,32)(H,31,35)/t20-/m0/s1. The van der Waals surface area contributed by atoms with Crippen molar-refractivity contribution in [2.45, 2.75) is 32.1 Å². The van der Waals surface area contributed by atoms with E-state index in [0.29, 0.717) is 60.3 Å². The van der Waals surface area contributed by atoms with Gasteiger partial charge in [0, 0.05) is 31.4 Å². The van der Waals surface area contributed by atoms with Crippen molar-refractivity contribution >= 4 is 28.7 Å². The van der Waals surface area contributed by atoms with Gasteiger partial charge in [-0.05, 0) is 38.1 Å². The third-order valence-corrected chi connectivity index (χ3v) is 6.79. The van der Waals surface area contributed by atoms with Gasteiger partial charge in [-0.2, -0.15) is 0 Å². The Morgan fingerprint density at radius 3 is 2.84 bits per heavy atom. The topological polar surface area (TPSA) is 117 Å². The van der Waals surface area contributed by atoms with Crippen molar-refractivity contribution in [3.05, 3.63) is 66.0 Å². The molecule has 4 aromatic rings. The van der Waals surface area contributed by atoms with Crippen LogP contribution in [0.1, 0.15) is 29.8 Å². The quantitative estimate of drug-likeness (QED) is 0.381. The number of pyridine rings is 3. The summed E-state index contributed by atoms with van der Waals surface area (Å²) in [6.45, 7) is 5.58. The molecular formula is C26H26FN7O3. The van der Waals surface area contributed by atoms with Gasteiger partial charge in [-0.3, -0.25) is 14.2 Å². The Labute approximate surface area is 212 Å². The van der Waals surface area contributed by atoms with E-state index >= 15 is 0 Å². The summed E-state index contributed by atoms with van der Waals surface area (Å²) in [6, 6.07) is 6.73. The van der Waals surface area contributed by atoms with Gasteiger partial charge in [0.25, 0.3) is 5.91 Å². The van der Waals surface area contributed by atoms with Crippen LogP contribution in [0.25, 0.3) is 17.0 Å². The van der Waals surface area contributed by atoms with E-state index in [1.807, 2.05) is 12.1 Å². The van der Waals surface area contributed by atoms with Crippen LogP contribution in [0.4, 0.5) is 21.6 Å². The number of nitrogens with one attached hydrogen (secondary N) is 2. The number of aliphatic hydroxyl groups is 1. The van der Waals surface area contributed by atoms with Crippen LogP contribution >= 0.6 is 0 Å². The number of aromatic nitrogens is 4. The molecule has 0 radical (unpaired) electrons. The van der Waals surface area contributed by atoms with E-state index < -0.39 is 11.4 Å². The number of fused-ring (bicyclic) bond motifs is 2. The van der Waals surface area contributed by atoms with Crippen molar-refractivity contribution in [2.75, 3.05) is 29.9 Å². The highest BCUT2D eigenvalue weighted by Gasteiger charge is 2.33. The lowest BCUT2D eigenvalue weighted by Crippen LogP contribution is -2.52. The molecule has 3 N–H and O–H groups in total. The van der Waals surface area contributed by atoms with Crippen LogP contribution in [0.15, 0.2) is 49.1 Å². The molecule has 0 aliphatic carbocycles. The minimum atomic E-state index is -0.939. The first-order valence-electron chi connectivity index (χ1n) is 12.0. The number of halogens is 1. The highest BCUT2D eigenvalue weighted by atomic mass is 19.1. The van der Waals surface area contributed by atoms with E-state index in [2.05, 4.69) is 30.5 Å². The van der Waals surface area contributed by atoms with Crippen LogP contribution in [-0.2, 0) is 11.3 Å². The van der Waals surface area contributed by atoms with Gasteiger partial charge in [0.2, 0.25) is 0 Å². The van der Waals surface area contributed by atoms with Gasteiger partial charge in [-0.1, -0.05) is 0 Å². The summed E-state index contributed by atoms with van der Waals surface area (Å²) in [5.41, 5.74) is 3.06. The van der Waals surface area contributed by atoms with Gasteiger partial charge < -0.3 is 25.4 Å². The van der Waals surface area contributed by atoms with Crippen LogP contribution in [0, 0.1) is 5.82 Å². The van der Waals surface area contributed by atoms with Crippen LogP contribution in [0.2, 0.25) is 0 Å². The van der Waals surface area contributed by atoms with Crippen LogP contribution in [0.5, 0.6) is 0 Å². The third-order valence-electron chi connectivity index (χ3n) is 6.79. The summed E-state index contributed by atoms with van der Waals surface area (Å²) in [5.74, 6) is -0.0896. The van der Waals surface area contributed by atoms with E-state index in [1.54, 1.807) is 49.1 Å². The van der Waals surface area contributed by atoms with Crippen LogP contribution in [-0.4, -0.2) is 61.8 Å². The average Bonchev–Trinajstić information content (AvgIpc) is 3.50. The van der Waals surface area contributed by atoms with Crippen LogP contribution in [0.3, 0.4) is 0 Å². The number of rotatable bonds is 5. The molecule has 1 fully saturated rings. The Kier molecular flexibility index (Phi) is 5.54. The molecule has 6 rings (SSSR count). The smallest absolute Gasteiger partial charge is 0.254 e. The highest BCUT2D eigenvalue weighted by molar-refractivity contribution is 6.05. The molecule has 1 atom stereocenters. The van der Waals surface area contributed by atoms with Gasteiger partial charge in [0.1, 0.15) is 11.9 Å². The number of nitrogens with zero attached hydrogens (tertiary/aromatic N) is 5. The molecular weight excluding hydrogens is 477 g/mol. The maximum absolute atomic E-state index is 14.2. The number of anilines is 3. The van der Waals surface area contributed by atoms with Gasteiger partial charge in [-0.25, -0.2) is 14.4 Å². The molecule has 37 heavy (non-hydrogen) atoms. The number of morpholine rings is 1. The number of ether oxygens (including phenoxy) is 1. The summed E-state index contributed by atoms with van der Waals surface area (Å²) >= 11 is 0. The number of hydrogen-bond donors (Lipinski definition) is 3. The molecule has 0 unspecified atom stereocenters. The zero-order valence-electron chi connectivity index (χ0n) is 20.4. The number of amides is 1. The van der Waals surface area contributed by atoms with E-state index in [4.69, 9.17) is 4.74 Å². The molecule has 0 spiro atoms. The monoisotopic (exact) mass is 503 g/mol. The minimum Gasteiger partial charge on any atom is -0.388 e. The second kappa shape index (κ2) is 8.79. The molecule has 2 aliphatic rings. The van der Waals surface area contributed by atoms with Gasteiger partial charge in [0.05, 0.1) is 59.1 Å². The summed E-state index contributed by atoms with van der Waals surface area (Å²) in [5, 5.41) is 16.4. The first-order chi connectivity index (χ1) is 17.8. The maximum Gasteiger partial charge on any atom is 0.254 e. The molecule has 0 saturated carbocycles. The van der Waals surface area contributed by atoms with Gasteiger partial charge in [-0.15, -0.1) is 0 Å². The molecule has 10 nitrogen and oxygen atoms in total. The fraction of sp³-hybridized carbons (Fsp3) is 0.308. The lowest BCUT2D eigenvalue weighted by Gasteiger charge is -2.39. The summed E-state index contributed by atoms with van der Waals surface area (Å²) < 4.78 is 21.5. The molecule has 4 aromatic heterocycles. The Morgan fingerprint density at radius 2 is 2.05 bits per heavy atom. The average molecular weight is 504 g/mol. The SMILES string of the molecule is CC(C)(O)[C@@H]1CN(c2ccc(Nc3cnc(-c4cnc5c(F)cccn45)c4c3C(=O)NC4)nc2)CCO1. The van der Waals surface area contributed by atoms with Crippen molar-refractivity contribution in [1.29, 1.82) is 0 Å². The first kappa shape index (κ1) is 23.3. The molecule has 2 aliphatic heterocycles. The summed E-state index contributed by atoms with van der Waals surface area (Å²) in [7, 11) is 0. The highest BCUT2D eigenvalue weighted by Crippen LogP contribution is 2.34. The molecule has 11 heteroatoms. The van der Waals surface area contributed by atoms with Crippen molar-refractivity contribution in [2.24, 2.45) is 0 Å². The predicted octanol–water partition coefficient (Wildman–Crippen LogP) is 2.89. The minimum absolute atomic E-state index is 0.200. The van der Waals surface area contributed by atoms with Crippen molar-refractivity contribution < 1.29 is 19.0 Å². The molecule has 0 bridgehead atoms. The molecule has 1 amide bonds. The van der Waals surface area contributed by atoms with Crippen LogP contribution < -0.4 is 15.5 Å². The van der Waals surface area contributed by atoms with E-state index in [-0.39, 0.29) is 17.7 Å². The molecule has 0 aromatic carbocycles. The molecule has 1 saturated heterocycles. The zero-order valence-corrected chi connectivity index (χ0v) is 20.4. The zero-order chi connectivity index (χ0) is 25.7. The Balaban J connectivity index is 1.28. The molecule has 190 valence electrons. The Bertz CT molecular complexity index is 1500. The van der Waals surface area contributed by atoms with Gasteiger partial charge >= 0.3 is 0 Å². The Hall–Kier alpha value is -4.09. The van der Waals surface area contributed by atoms with Crippen molar-refractivity contribution in [1.82, 2.24) is 24.7 Å².